The van der Waals surface area contributed by atoms with E-state index in [0.29, 0.717) is 25.7 Å². The van der Waals surface area contributed by atoms with Gasteiger partial charge in [-0.3, -0.25) is 0 Å². The molecule has 188 valence electrons. The highest BCUT2D eigenvalue weighted by atomic mass is 32.2. The monoisotopic (exact) mass is 522 g/mol. The molecule has 0 spiro atoms. The first-order valence-electron chi connectivity index (χ1n) is 10.5. The van der Waals surface area contributed by atoms with Crippen LogP contribution in [0.2, 0.25) is 0 Å². The van der Waals surface area contributed by atoms with Gasteiger partial charge in [-0.05, 0) is 38.5 Å². The number of sulfone groups is 2. The Hall–Kier alpha value is -1.70. The fraction of sp³-hybridized carbons (Fsp3) is 0.684. The van der Waals surface area contributed by atoms with E-state index in [-0.39, 0.29) is 26.2 Å². The summed E-state index contributed by atoms with van der Waals surface area (Å²) in [6.07, 6.45) is 3.76. The third-order valence-electron chi connectivity index (χ3n) is 5.86. The molecule has 2 heterocycles. The number of anilines is 2. The van der Waals surface area contributed by atoms with Crippen LogP contribution in [-0.4, -0.2) is 60.0 Å². The molecule has 3 rings (SSSR count). The van der Waals surface area contributed by atoms with E-state index in [4.69, 9.17) is 0 Å². The van der Waals surface area contributed by atoms with Crippen molar-refractivity contribution in [1.29, 1.82) is 0 Å². The zero-order chi connectivity index (χ0) is 24.6. The van der Waals surface area contributed by atoms with E-state index in [1.165, 1.54) is 9.80 Å². The summed E-state index contributed by atoms with van der Waals surface area (Å²) >= 11 is 0. The molecule has 0 unspecified atom stereocenters. The molecule has 0 atom stereocenters. The smallest absolute Gasteiger partial charge is 0.368 e. The molecule has 2 aliphatic rings. The Balaban J connectivity index is 2.15. The van der Waals surface area contributed by atoms with Gasteiger partial charge >= 0.3 is 5.51 Å². The Kier molecular flexibility index (Phi) is 7.47. The molecule has 1 aromatic rings. The highest BCUT2D eigenvalue weighted by molar-refractivity contribution is 7.95. The lowest BCUT2D eigenvalue weighted by Gasteiger charge is -2.34. The van der Waals surface area contributed by atoms with E-state index in [9.17, 15) is 30.0 Å². The maximum absolute atomic E-state index is 15.7. The molecule has 33 heavy (non-hydrogen) atoms. The largest absolute Gasteiger partial charge is 0.497 e. The lowest BCUT2D eigenvalue weighted by molar-refractivity contribution is -0.0434. The second-order valence-corrected chi connectivity index (χ2v) is 12.3. The SMILES string of the molecule is O=S(=O)(CCS(=O)(=O)C(F)(F)F)c1c(F)c(F)c(N2CCCCC2)c(F)c1N1CCCCC1. The predicted molar refractivity (Wildman–Crippen MR) is 110 cm³/mol. The molecule has 2 aliphatic heterocycles. The van der Waals surface area contributed by atoms with Crippen molar-refractivity contribution >= 4 is 31.0 Å². The van der Waals surface area contributed by atoms with Crippen LogP contribution in [0.15, 0.2) is 4.90 Å². The van der Waals surface area contributed by atoms with Gasteiger partial charge in [-0.1, -0.05) is 0 Å². The van der Waals surface area contributed by atoms with Crippen molar-refractivity contribution < 1.29 is 43.2 Å². The van der Waals surface area contributed by atoms with Crippen molar-refractivity contribution in [3.63, 3.8) is 0 Å². The number of nitrogens with zero attached hydrogens (tertiary/aromatic N) is 2. The summed E-state index contributed by atoms with van der Waals surface area (Å²) < 4.78 is 132. The van der Waals surface area contributed by atoms with Crippen LogP contribution in [-0.2, 0) is 19.7 Å². The van der Waals surface area contributed by atoms with Crippen LogP contribution in [0.25, 0.3) is 0 Å². The molecular weight excluding hydrogens is 498 g/mol. The van der Waals surface area contributed by atoms with Crippen LogP contribution < -0.4 is 9.80 Å². The van der Waals surface area contributed by atoms with E-state index < -0.39 is 70.4 Å². The molecule has 6 nitrogen and oxygen atoms in total. The quantitative estimate of drug-likeness (QED) is 0.418. The Bertz CT molecular complexity index is 1090. The van der Waals surface area contributed by atoms with Gasteiger partial charge in [0.25, 0.3) is 0 Å². The highest BCUT2D eigenvalue weighted by Gasteiger charge is 2.46. The van der Waals surface area contributed by atoms with Crippen molar-refractivity contribution in [3.8, 4) is 0 Å². The Morgan fingerprint density at radius 2 is 1.09 bits per heavy atom. The van der Waals surface area contributed by atoms with Gasteiger partial charge in [0, 0.05) is 26.2 Å². The topological polar surface area (TPSA) is 74.8 Å². The second kappa shape index (κ2) is 9.51. The Morgan fingerprint density at radius 1 is 0.636 bits per heavy atom. The minimum atomic E-state index is -5.85. The first-order valence-corrected chi connectivity index (χ1v) is 13.8. The highest BCUT2D eigenvalue weighted by Crippen LogP contribution is 2.42. The van der Waals surface area contributed by atoms with Gasteiger partial charge in [0.15, 0.2) is 27.3 Å². The van der Waals surface area contributed by atoms with Crippen LogP contribution in [0, 0.1) is 17.5 Å². The minimum absolute atomic E-state index is 0.130. The molecule has 0 bridgehead atoms. The minimum Gasteiger partial charge on any atom is -0.368 e. The molecule has 1 aromatic carbocycles. The summed E-state index contributed by atoms with van der Waals surface area (Å²) in [5.41, 5.74) is -7.18. The number of alkyl halides is 3. The number of halogens is 6. The summed E-state index contributed by atoms with van der Waals surface area (Å²) in [6.45, 7) is 0.709. The fourth-order valence-electron chi connectivity index (χ4n) is 4.13. The number of rotatable bonds is 6. The van der Waals surface area contributed by atoms with Gasteiger partial charge in [-0.25, -0.2) is 30.0 Å². The Labute approximate surface area is 188 Å². The van der Waals surface area contributed by atoms with E-state index >= 15 is 13.2 Å². The lowest BCUT2D eigenvalue weighted by Crippen LogP contribution is -2.36. The van der Waals surface area contributed by atoms with Crippen molar-refractivity contribution in [2.45, 2.75) is 48.9 Å². The van der Waals surface area contributed by atoms with E-state index in [0.717, 1.165) is 12.8 Å². The summed E-state index contributed by atoms with van der Waals surface area (Å²) in [5.74, 6) is -8.55. The molecular formula is C19H24F6N2O4S2. The van der Waals surface area contributed by atoms with E-state index in [1.807, 2.05) is 0 Å². The van der Waals surface area contributed by atoms with Gasteiger partial charge in [-0.2, -0.15) is 13.2 Å². The third kappa shape index (κ3) is 5.20. The van der Waals surface area contributed by atoms with Crippen molar-refractivity contribution in [1.82, 2.24) is 0 Å². The second-order valence-electron chi connectivity index (χ2n) is 8.15. The molecule has 0 saturated carbocycles. The first-order chi connectivity index (χ1) is 15.3. The van der Waals surface area contributed by atoms with Gasteiger partial charge in [0.05, 0.1) is 17.2 Å². The van der Waals surface area contributed by atoms with Crippen molar-refractivity contribution in [3.05, 3.63) is 17.5 Å². The van der Waals surface area contributed by atoms with Crippen molar-refractivity contribution in [2.75, 3.05) is 47.5 Å². The van der Waals surface area contributed by atoms with Crippen LogP contribution >= 0.6 is 0 Å². The zero-order valence-corrected chi connectivity index (χ0v) is 19.2. The van der Waals surface area contributed by atoms with E-state index in [1.54, 1.807) is 0 Å². The summed E-state index contributed by atoms with van der Waals surface area (Å²) in [6, 6.07) is 0. The van der Waals surface area contributed by atoms with Gasteiger partial charge < -0.3 is 9.80 Å². The summed E-state index contributed by atoms with van der Waals surface area (Å²) in [4.78, 5) is 1.09. The molecule has 0 amide bonds. The summed E-state index contributed by atoms with van der Waals surface area (Å²) in [7, 11) is -11.0. The maximum atomic E-state index is 15.7. The fourth-order valence-corrected chi connectivity index (χ4v) is 7.20. The zero-order valence-electron chi connectivity index (χ0n) is 17.6. The standard InChI is InChI=1S/C19H24F6N2O4S2/c20-13-14(21)18(32(28,29)11-12-33(30,31)19(23,24)25)17(27-9-5-2-6-10-27)15(22)16(13)26-7-3-1-4-8-26/h1-12H2. The molecule has 0 aliphatic carbocycles. The molecule has 0 N–H and O–H groups in total. The van der Waals surface area contributed by atoms with Crippen molar-refractivity contribution in [2.24, 2.45) is 0 Å². The number of piperidine rings is 2. The Morgan fingerprint density at radius 3 is 1.55 bits per heavy atom. The average molecular weight is 523 g/mol. The van der Waals surface area contributed by atoms with E-state index in [2.05, 4.69) is 0 Å². The van der Waals surface area contributed by atoms with Crippen LogP contribution in [0.4, 0.5) is 37.7 Å². The number of hydrogen-bond acceptors (Lipinski definition) is 6. The van der Waals surface area contributed by atoms with Gasteiger partial charge in [-0.15, -0.1) is 0 Å². The number of benzene rings is 1. The molecule has 14 heteroatoms. The van der Waals surface area contributed by atoms with Crippen LogP contribution in [0.1, 0.15) is 38.5 Å². The normalized spacial score (nSPS) is 18.6. The summed E-state index contributed by atoms with van der Waals surface area (Å²) in [5, 5.41) is 0. The van der Waals surface area contributed by atoms with Crippen LogP contribution in [0.3, 0.4) is 0 Å². The molecule has 0 aromatic heterocycles. The van der Waals surface area contributed by atoms with Gasteiger partial charge in [0.2, 0.25) is 9.84 Å². The van der Waals surface area contributed by atoms with Gasteiger partial charge in [0.1, 0.15) is 10.6 Å². The first kappa shape index (κ1) is 25.9. The molecule has 2 saturated heterocycles. The predicted octanol–water partition coefficient (Wildman–Crippen LogP) is 3.79. The van der Waals surface area contributed by atoms with Crippen LogP contribution in [0.5, 0.6) is 0 Å². The lowest BCUT2D eigenvalue weighted by atomic mass is 10.1. The number of hydrogen-bond donors (Lipinski definition) is 0. The molecule has 2 fully saturated rings. The third-order valence-corrected chi connectivity index (χ3v) is 9.30. The average Bonchev–Trinajstić information content (AvgIpc) is 2.75. The maximum Gasteiger partial charge on any atom is 0.497 e. The molecule has 0 radical (unpaired) electrons.